The summed E-state index contributed by atoms with van der Waals surface area (Å²) < 4.78 is 38.1. The Morgan fingerprint density at radius 3 is 2.40 bits per heavy atom. The van der Waals surface area contributed by atoms with Crippen LogP contribution in [-0.2, 0) is 6.18 Å². The summed E-state index contributed by atoms with van der Waals surface area (Å²) in [6, 6.07) is 3.40. The topological polar surface area (TPSA) is 49.3 Å². The molecule has 1 fully saturated rings. The van der Waals surface area contributed by atoms with Crippen LogP contribution in [0.2, 0.25) is 0 Å². The van der Waals surface area contributed by atoms with Crippen molar-refractivity contribution in [3.63, 3.8) is 0 Å². The van der Waals surface area contributed by atoms with E-state index in [9.17, 15) is 18.0 Å². The van der Waals surface area contributed by atoms with Gasteiger partial charge in [-0.3, -0.25) is 0 Å². The van der Waals surface area contributed by atoms with Crippen molar-refractivity contribution < 1.29 is 23.1 Å². The normalized spacial score (nSPS) is 16.9. The van der Waals surface area contributed by atoms with Crippen molar-refractivity contribution in [3.05, 3.63) is 29.3 Å². The molecule has 110 valence electrons. The smallest absolute Gasteiger partial charge is 0.417 e. The van der Waals surface area contributed by atoms with E-state index in [1.807, 2.05) is 0 Å². The zero-order valence-electron chi connectivity index (χ0n) is 10.8. The molecule has 0 amide bonds. The Bertz CT molecular complexity index is 494. The lowest BCUT2D eigenvalue weighted by Crippen LogP contribution is -2.22. The van der Waals surface area contributed by atoms with E-state index in [-0.39, 0.29) is 6.04 Å². The standard InChI is InChI=1S/C14H16F3NO2/c15-14(16,17)12-7-6-10(8-11(12)13(19)20)18-9-4-2-1-3-5-9/h6-9,18H,1-5H2,(H,19,20). The van der Waals surface area contributed by atoms with E-state index < -0.39 is 23.3 Å². The lowest BCUT2D eigenvalue weighted by Gasteiger charge is -2.24. The third-order valence-corrected chi connectivity index (χ3v) is 3.53. The van der Waals surface area contributed by atoms with Crippen molar-refractivity contribution in [1.82, 2.24) is 0 Å². The highest BCUT2D eigenvalue weighted by Gasteiger charge is 2.35. The van der Waals surface area contributed by atoms with Crippen LogP contribution in [0, 0.1) is 0 Å². The van der Waals surface area contributed by atoms with Crippen LogP contribution in [0.4, 0.5) is 18.9 Å². The van der Waals surface area contributed by atoms with E-state index in [1.54, 1.807) is 0 Å². The summed E-state index contributed by atoms with van der Waals surface area (Å²) >= 11 is 0. The van der Waals surface area contributed by atoms with E-state index in [0.29, 0.717) is 5.69 Å². The summed E-state index contributed by atoms with van der Waals surface area (Å²) in [6.07, 6.45) is 0.615. The van der Waals surface area contributed by atoms with Gasteiger partial charge in [-0.15, -0.1) is 0 Å². The number of rotatable bonds is 3. The van der Waals surface area contributed by atoms with Crippen molar-refractivity contribution in [2.24, 2.45) is 0 Å². The lowest BCUT2D eigenvalue weighted by molar-refractivity contribution is -0.138. The van der Waals surface area contributed by atoms with Crippen LogP contribution >= 0.6 is 0 Å². The number of hydrogen-bond donors (Lipinski definition) is 2. The predicted molar refractivity (Wildman–Crippen MR) is 68.9 cm³/mol. The Labute approximate surface area is 114 Å². The van der Waals surface area contributed by atoms with Gasteiger partial charge >= 0.3 is 12.1 Å². The number of aromatic carboxylic acids is 1. The summed E-state index contributed by atoms with van der Waals surface area (Å²) in [5.74, 6) is -1.57. The molecule has 1 aromatic rings. The number of nitrogens with one attached hydrogen (secondary N) is 1. The fraction of sp³-hybridized carbons (Fsp3) is 0.500. The molecule has 0 aliphatic heterocycles. The molecule has 6 heteroatoms. The molecule has 1 aliphatic carbocycles. The summed E-state index contributed by atoms with van der Waals surface area (Å²) in [5.41, 5.74) is -1.39. The molecule has 0 saturated heterocycles. The van der Waals surface area contributed by atoms with E-state index >= 15 is 0 Å². The van der Waals surface area contributed by atoms with Crippen molar-refractivity contribution in [3.8, 4) is 0 Å². The number of carboxylic acid groups (broad SMARTS) is 1. The van der Waals surface area contributed by atoms with Crippen LogP contribution in [0.5, 0.6) is 0 Å². The molecule has 0 unspecified atom stereocenters. The Morgan fingerprint density at radius 2 is 1.85 bits per heavy atom. The van der Waals surface area contributed by atoms with Crippen molar-refractivity contribution in [1.29, 1.82) is 0 Å². The van der Waals surface area contributed by atoms with E-state index in [4.69, 9.17) is 5.11 Å². The molecule has 0 radical (unpaired) electrons. The van der Waals surface area contributed by atoms with Crippen LogP contribution in [0.15, 0.2) is 18.2 Å². The van der Waals surface area contributed by atoms with Crippen molar-refractivity contribution in [2.45, 2.75) is 44.3 Å². The molecular formula is C14H16F3NO2. The summed E-state index contributed by atoms with van der Waals surface area (Å²) in [6.45, 7) is 0. The van der Waals surface area contributed by atoms with Gasteiger partial charge in [-0.25, -0.2) is 4.79 Å². The number of carbonyl (C=O) groups is 1. The zero-order valence-corrected chi connectivity index (χ0v) is 10.8. The molecule has 20 heavy (non-hydrogen) atoms. The van der Waals surface area contributed by atoms with Gasteiger partial charge in [0.15, 0.2) is 0 Å². The second-order valence-corrected chi connectivity index (χ2v) is 5.04. The number of hydrogen-bond acceptors (Lipinski definition) is 2. The predicted octanol–water partition coefficient (Wildman–Crippen LogP) is 4.15. The number of anilines is 1. The average Bonchev–Trinajstić information content (AvgIpc) is 2.38. The highest BCUT2D eigenvalue weighted by molar-refractivity contribution is 5.91. The molecule has 0 bridgehead atoms. The number of carboxylic acids is 1. The minimum Gasteiger partial charge on any atom is -0.478 e. The summed E-state index contributed by atoms with van der Waals surface area (Å²) in [5, 5.41) is 12.1. The van der Waals surface area contributed by atoms with Crippen molar-refractivity contribution in [2.75, 3.05) is 5.32 Å². The molecule has 0 aromatic heterocycles. The Morgan fingerprint density at radius 1 is 1.20 bits per heavy atom. The molecule has 1 aromatic carbocycles. The fourth-order valence-corrected chi connectivity index (χ4v) is 2.54. The largest absolute Gasteiger partial charge is 0.478 e. The van der Waals surface area contributed by atoms with Gasteiger partial charge in [-0.05, 0) is 31.0 Å². The SMILES string of the molecule is O=C(O)c1cc(NC2CCCCC2)ccc1C(F)(F)F. The van der Waals surface area contributed by atoms with Crippen LogP contribution in [0.1, 0.15) is 48.0 Å². The van der Waals surface area contributed by atoms with Gasteiger partial charge in [0.1, 0.15) is 0 Å². The van der Waals surface area contributed by atoms with Crippen LogP contribution in [-0.4, -0.2) is 17.1 Å². The zero-order chi connectivity index (χ0) is 14.8. The monoisotopic (exact) mass is 287 g/mol. The lowest BCUT2D eigenvalue weighted by atomic mass is 9.95. The van der Waals surface area contributed by atoms with Gasteiger partial charge in [0.05, 0.1) is 11.1 Å². The maximum absolute atomic E-state index is 12.7. The third kappa shape index (κ3) is 3.43. The average molecular weight is 287 g/mol. The van der Waals surface area contributed by atoms with E-state index in [2.05, 4.69) is 5.32 Å². The van der Waals surface area contributed by atoms with E-state index in [1.165, 1.54) is 12.5 Å². The third-order valence-electron chi connectivity index (χ3n) is 3.53. The van der Waals surface area contributed by atoms with Crippen LogP contribution < -0.4 is 5.32 Å². The van der Waals surface area contributed by atoms with Crippen LogP contribution in [0.25, 0.3) is 0 Å². The number of alkyl halides is 3. The molecule has 3 nitrogen and oxygen atoms in total. The molecule has 1 aliphatic rings. The fourth-order valence-electron chi connectivity index (χ4n) is 2.54. The first-order chi connectivity index (χ1) is 9.38. The molecule has 2 N–H and O–H groups in total. The number of benzene rings is 1. The Balaban J connectivity index is 2.23. The van der Waals surface area contributed by atoms with Gasteiger partial charge in [0.25, 0.3) is 0 Å². The first-order valence-electron chi connectivity index (χ1n) is 6.59. The van der Waals surface area contributed by atoms with E-state index in [0.717, 1.165) is 37.8 Å². The Hall–Kier alpha value is -1.72. The van der Waals surface area contributed by atoms with Gasteiger partial charge in [0.2, 0.25) is 0 Å². The van der Waals surface area contributed by atoms with Gasteiger partial charge < -0.3 is 10.4 Å². The summed E-state index contributed by atoms with van der Waals surface area (Å²) in [4.78, 5) is 11.0. The molecular weight excluding hydrogens is 271 g/mol. The molecule has 0 spiro atoms. The highest BCUT2D eigenvalue weighted by atomic mass is 19.4. The molecule has 0 atom stereocenters. The van der Waals surface area contributed by atoms with Gasteiger partial charge in [-0.2, -0.15) is 13.2 Å². The minimum absolute atomic E-state index is 0.210. The molecule has 0 heterocycles. The molecule has 1 saturated carbocycles. The van der Waals surface area contributed by atoms with Gasteiger partial charge in [-0.1, -0.05) is 19.3 Å². The highest BCUT2D eigenvalue weighted by Crippen LogP contribution is 2.34. The quantitative estimate of drug-likeness (QED) is 0.878. The Kier molecular flexibility index (Phi) is 4.20. The van der Waals surface area contributed by atoms with Gasteiger partial charge in [0, 0.05) is 11.7 Å². The number of halogens is 3. The second-order valence-electron chi connectivity index (χ2n) is 5.04. The second kappa shape index (κ2) is 5.73. The first-order valence-corrected chi connectivity index (χ1v) is 6.59. The van der Waals surface area contributed by atoms with Crippen LogP contribution in [0.3, 0.4) is 0 Å². The van der Waals surface area contributed by atoms with Crippen molar-refractivity contribution >= 4 is 11.7 Å². The molecule has 2 rings (SSSR count). The minimum atomic E-state index is -4.66. The maximum Gasteiger partial charge on any atom is 0.417 e. The maximum atomic E-state index is 12.7. The summed E-state index contributed by atoms with van der Waals surface area (Å²) in [7, 11) is 0. The first kappa shape index (κ1) is 14.7.